The molecular weight excluding hydrogens is 340 g/mol. The summed E-state index contributed by atoms with van der Waals surface area (Å²) in [5.41, 5.74) is 0. The summed E-state index contributed by atoms with van der Waals surface area (Å²) in [6.45, 7) is 6.99. The Balaban J connectivity index is 1.56. The smallest absolute Gasteiger partial charge is 0.274 e. The molecule has 27 heavy (non-hydrogen) atoms. The molecule has 1 saturated carbocycles. The van der Waals surface area contributed by atoms with E-state index in [1.54, 1.807) is 0 Å². The summed E-state index contributed by atoms with van der Waals surface area (Å²) >= 11 is 0. The van der Waals surface area contributed by atoms with Crippen LogP contribution in [0.3, 0.4) is 0 Å². The van der Waals surface area contributed by atoms with Crippen molar-refractivity contribution < 1.29 is 14.6 Å². The van der Waals surface area contributed by atoms with Crippen molar-refractivity contribution in [3.05, 3.63) is 24.4 Å². The van der Waals surface area contributed by atoms with E-state index in [1.807, 2.05) is 37.1 Å². The number of H-pyrrole nitrogens is 1. The first-order valence-electron chi connectivity index (χ1n) is 10.4. The fraction of sp³-hybridized carbons (Fsp3) is 0.667. The fourth-order valence-corrected chi connectivity index (χ4v) is 4.09. The normalized spacial score (nSPS) is 19.8. The molecule has 6 heteroatoms. The van der Waals surface area contributed by atoms with Crippen molar-refractivity contribution in [1.29, 1.82) is 0 Å². The van der Waals surface area contributed by atoms with Gasteiger partial charge in [-0.2, -0.15) is 0 Å². The second-order valence-corrected chi connectivity index (χ2v) is 8.13. The molecule has 1 saturated heterocycles. The van der Waals surface area contributed by atoms with Gasteiger partial charge in [0.15, 0.2) is 0 Å². The average Bonchev–Trinajstić information content (AvgIpc) is 2.72. The highest BCUT2D eigenvalue weighted by molar-refractivity contribution is 5.89. The van der Waals surface area contributed by atoms with Gasteiger partial charge in [-0.15, -0.1) is 0 Å². The summed E-state index contributed by atoms with van der Waals surface area (Å²) in [5, 5.41) is 3.08. The number of anilines is 1. The maximum absolute atomic E-state index is 13.1. The molecule has 0 aromatic carbocycles. The maximum atomic E-state index is 13.1. The number of carbonyl (C=O) groups excluding carboxylic acids is 2. The minimum Gasteiger partial charge on any atom is -0.344 e. The first-order valence-corrected chi connectivity index (χ1v) is 10.4. The number of carbonyl (C=O) groups is 2. The SMILES string of the molecule is CC(C)[C@@H](NC(=O)C1CCCCC1)C(=O)N1CCN(c2cccc[nH+]2)CC1. The van der Waals surface area contributed by atoms with Gasteiger partial charge in [0.2, 0.25) is 11.8 Å². The minimum absolute atomic E-state index is 0.0610. The lowest BCUT2D eigenvalue weighted by atomic mass is 9.88. The lowest BCUT2D eigenvalue weighted by Gasteiger charge is -2.35. The van der Waals surface area contributed by atoms with Crippen LogP contribution in [0, 0.1) is 11.8 Å². The molecule has 2 aliphatic rings. The maximum Gasteiger partial charge on any atom is 0.274 e. The number of aromatic nitrogens is 1. The fourth-order valence-electron chi connectivity index (χ4n) is 4.09. The zero-order valence-corrected chi connectivity index (χ0v) is 16.6. The molecule has 2 fully saturated rings. The Morgan fingerprint density at radius 2 is 1.78 bits per heavy atom. The van der Waals surface area contributed by atoms with Crippen molar-refractivity contribution in [2.45, 2.75) is 52.0 Å². The summed E-state index contributed by atoms with van der Waals surface area (Å²) in [7, 11) is 0. The zero-order valence-electron chi connectivity index (χ0n) is 16.6. The largest absolute Gasteiger partial charge is 0.344 e. The van der Waals surface area contributed by atoms with Gasteiger partial charge < -0.3 is 10.2 Å². The van der Waals surface area contributed by atoms with E-state index in [0.717, 1.165) is 44.6 Å². The number of nitrogens with zero attached hydrogens (tertiary/aromatic N) is 2. The number of amides is 2. The van der Waals surface area contributed by atoms with Crippen LogP contribution in [0.15, 0.2) is 24.4 Å². The Kier molecular flexibility index (Phi) is 6.69. The first kappa shape index (κ1) is 19.6. The third-order valence-electron chi connectivity index (χ3n) is 5.83. The van der Waals surface area contributed by atoms with Gasteiger partial charge in [0, 0.05) is 12.0 Å². The number of hydrogen-bond donors (Lipinski definition) is 1. The van der Waals surface area contributed by atoms with Crippen LogP contribution in [0.25, 0.3) is 0 Å². The van der Waals surface area contributed by atoms with Gasteiger partial charge in [-0.1, -0.05) is 39.2 Å². The van der Waals surface area contributed by atoms with E-state index in [0.29, 0.717) is 13.1 Å². The summed E-state index contributed by atoms with van der Waals surface area (Å²) in [5.74, 6) is 1.38. The van der Waals surface area contributed by atoms with Crippen LogP contribution in [0.5, 0.6) is 0 Å². The third-order valence-corrected chi connectivity index (χ3v) is 5.83. The van der Waals surface area contributed by atoms with Crippen molar-refractivity contribution in [3.8, 4) is 0 Å². The predicted molar refractivity (Wildman–Crippen MR) is 105 cm³/mol. The molecule has 6 nitrogen and oxygen atoms in total. The van der Waals surface area contributed by atoms with Crippen LogP contribution in [-0.4, -0.2) is 48.9 Å². The first-order chi connectivity index (χ1) is 13.1. The van der Waals surface area contributed by atoms with Crippen molar-refractivity contribution in [2.24, 2.45) is 11.8 Å². The highest BCUT2D eigenvalue weighted by Gasteiger charge is 2.34. The van der Waals surface area contributed by atoms with E-state index in [1.165, 1.54) is 6.42 Å². The van der Waals surface area contributed by atoms with E-state index in [2.05, 4.69) is 21.3 Å². The number of piperazine rings is 1. The quantitative estimate of drug-likeness (QED) is 0.857. The average molecular weight is 374 g/mol. The number of aromatic amines is 1. The molecule has 1 aliphatic heterocycles. The molecule has 2 N–H and O–H groups in total. The van der Waals surface area contributed by atoms with Gasteiger partial charge in [-0.05, 0) is 24.8 Å². The number of nitrogens with one attached hydrogen (secondary N) is 2. The van der Waals surface area contributed by atoms with Gasteiger partial charge in [0.05, 0.1) is 19.3 Å². The van der Waals surface area contributed by atoms with Gasteiger partial charge in [0.1, 0.15) is 19.1 Å². The summed E-state index contributed by atoms with van der Waals surface area (Å²) < 4.78 is 0. The van der Waals surface area contributed by atoms with Crippen molar-refractivity contribution in [2.75, 3.05) is 31.1 Å². The van der Waals surface area contributed by atoms with Crippen molar-refractivity contribution in [3.63, 3.8) is 0 Å². The highest BCUT2D eigenvalue weighted by Crippen LogP contribution is 2.24. The monoisotopic (exact) mass is 373 g/mol. The van der Waals surface area contributed by atoms with E-state index >= 15 is 0 Å². The molecule has 1 aliphatic carbocycles. The molecule has 1 aromatic rings. The second-order valence-electron chi connectivity index (χ2n) is 8.13. The molecular formula is C21H33N4O2+. The van der Waals surface area contributed by atoms with Gasteiger partial charge in [-0.3, -0.25) is 14.5 Å². The Labute approximate surface area is 162 Å². The second kappa shape index (κ2) is 9.20. The topological polar surface area (TPSA) is 66.8 Å². The Bertz CT molecular complexity index is 620. The molecule has 3 rings (SSSR count). The molecule has 0 spiro atoms. The predicted octanol–water partition coefficient (Wildman–Crippen LogP) is 1.87. The molecule has 0 radical (unpaired) electrons. The molecule has 148 valence electrons. The van der Waals surface area contributed by atoms with E-state index in [9.17, 15) is 9.59 Å². The molecule has 2 heterocycles. The number of pyridine rings is 1. The molecule has 0 bridgehead atoms. The van der Waals surface area contributed by atoms with Gasteiger partial charge >= 0.3 is 0 Å². The van der Waals surface area contributed by atoms with Crippen molar-refractivity contribution in [1.82, 2.24) is 10.2 Å². The number of hydrogen-bond acceptors (Lipinski definition) is 3. The van der Waals surface area contributed by atoms with E-state index < -0.39 is 6.04 Å². The molecule has 0 unspecified atom stereocenters. The Hall–Kier alpha value is -2.11. The third kappa shape index (κ3) is 4.99. The standard InChI is InChI=1S/C21H32N4O2/c1-16(2)19(23-20(26)17-8-4-3-5-9-17)21(27)25-14-12-24(13-15-25)18-10-6-7-11-22-18/h6-7,10-11,16-17,19H,3-5,8-9,12-15H2,1-2H3,(H,23,26)/p+1/t19-/m1/s1. The van der Waals surface area contributed by atoms with Crippen LogP contribution < -0.4 is 15.2 Å². The zero-order chi connectivity index (χ0) is 19.2. The highest BCUT2D eigenvalue weighted by atomic mass is 16.2. The van der Waals surface area contributed by atoms with E-state index in [-0.39, 0.29) is 23.7 Å². The molecule has 1 aromatic heterocycles. The summed E-state index contributed by atoms with van der Waals surface area (Å²) in [6, 6.07) is 5.61. The van der Waals surface area contributed by atoms with Crippen LogP contribution >= 0.6 is 0 Å². The van der Waals surface area contributed by atoms with Crippen LogP contribution in [-0.2, 0) is 9.59 Å². The van der Waals surface area contributed by atoms with Crippen LogP contribution in [0.4, 0.5) is 5.82 Å². The van der Waals surface area contributed by atoms with Crippen LogP contribution in [0.1, 0.15) is 46.0 Å². The summed E-state index contributed by atoms with van der Waals surface area (Å²) in [6.07, 6.45) is 7.30. The van der Waals surface area contributed by atoms with Gasteiger partial charge in [-0.25, -0.2) is 4.98 Å². The Morgan fingerprint density at radius 1 is 1.07 bits per heavy atom. The van der Waals surface area contributed by atoms with Crippen LogP contribution in [0.2, 0.25) is 0 Å². The molecule has 1 atom stereocenters. The molecule has 2 amide bonds. The van der Waals surface area contributed by atoms with Gasteiger partial charge in [0.25, 0.3) is 5.82 Å². The van der Waals surface area contributed by atoms with Crippen molar-refractivity contribution >= 4 is 17.6 Å². The lowest BCUT2D eigenvalue weighted by Crippen LogP contribution is -2.57. The summed E-state index contributed by atoms with van der Waals surface area (Å²) in [4.78, 5) is 33.1. The minimum atomic E-state index is -0.422. The van der Waals surface area contributed by atoms with E-state index in [4.69, 9.17) is 0 Å². The Morgan fingerprint density at radius 3 is 2.37 bits per heavy atom. The lowest BCUT2D eigenvalue weighted by molar-refractivity contribution is -0.364. The number of rotatable bonds is 5.